The summed E-state index contributed by atoms with van der Waals surface area (Å²) in [6.07, 6.45) is 1.32. The van der Waals surface area contributed by atoms with Gasteiger partial charge >= 0.3 is 0 Å². The highest BCUT2D eigenvalue weighted by molar-refractivity contribution is 5.85. The molecule has 0 amide bonds. The number of hydrogen-bond donors (Lipinski definition) is 2. The maximum absolute atomic E-state index is 10.6. The second kappa shape index (κ2) is 6.90. The molecule has 0 saturated heterocycles. The van der Waals surface area contributed by atoms with Crippen molar-refractivity contribution < 1.29 is 5.11 Å². The maximum atomic E-state index is 10.6. The summed E-state index contributed by atoms with van der Waals surface area (Å²) >= 11 is 0. The molecule has 3 heteroatoms. The number of pyridine rings is 1. The number of nitrogens with zero attached hydrogens (tertiary/aromatic N) is 1. The lowest BCUT2D eigenvalue weighted by Gasteiger charge is -2.18. The summed E-state index contributed by atoms with van der Waals surface area (Å²) < 4.78 is 0. The molecule has 0 aliphatic carbocycles. The smallest absolute Gasteiger partial charge is 0.0920 e. The Morgan fingerprint density at radius 2 is 1.83 bits per heavy atom. The summed E-state index contributed by atoms with van der Waals surface area (Å²) in [5.41, 5.74) is 3.09. The minimum absolute atomic E-state index is 0.0974. The molecule has 3 rings (SSSR count). The van der Waals surface area contributed by atoms with Crippen LogP contribution in [-0.4, -0.2) is 16.6 Å². The van der Waals surface area contributed by atoms with Gasteiger partial charge in [0.05, 0.1) is 11.8 Å². The normalized spacial score (nSPS) is 13.9. The van der Waals surface area contributed by atoms with E-state index in [1.807, 2.05) is 43.5 Å². The Labute approximate surface area is 137 Å². The van der Waals surface area contributed by atoms with Crippen LogP contribution in [0.2, 0.25) is 0 Å². The Hall–Kier alpha value is -2.23. The number of hydrogen-bond acceptors (Lipinski definition) is 3. The topological polar surface area (TPSA) is 45.1 Å². The molecule has 2 aromatic carbocycles. The molecule has 0 aliphatic rings. The average molecular weight is 306 g/mol. The lowest BCUT2D eigenvalue weighted by molar-refractivity contribution is 0.172. The van der Waals surface area contributed by atoms with Gasteiger partial charge in [0.1, 0.15) is 0 Å². The fourth-order valence-electron chi connectivity index (χ4n) is 2.78. The molecule has 0 bridgehead atoms. The molecule has 3 aromatic rings. The number of aromatic nitrogens is 1. The van der Waals surface area contributed by atoms with E-state index >= 15 is 0 Å². The van der Waals surface area contributed by atoms with E-state index in [1.165, 1.54) is 0 Å². The summed E-state index contributed by atoms with van der Waals surface area (Å²) in [4.78, 5) is 4.43. The first-order chi connectivity index (χ1) is 11.1. The van der Waals surface area contributed by atoms with E-state index in [9.17, 15) is 5.11 Å². The highest BCUT2D eigenvalue weighted by Crippen LogP contribution is 2.24. The third-order valence-corrected chi connectivity index (χ3v) is 4.18. The van der Waals surface area contributed by atoms with Crippen molar-refractivity contribution in [3.05, 3.63) is 77.6 Å². The summed E-state index contributed by atoms with van der Waals surface area (Å²) in [5.74, 6) is 0. The Morgan fingerprint density at radius 3 is 2.61 bits per heavy atom. The number of aryl methyl sites for hydroxylation is 1. The predicted molar refractivity (Wildman–Crippen MR) is 94.3 cm³/mol. The lowest BCUT2D eigenvalue weighted by Crippen LogP contribution is -2.25. The Balaban J connectivity index is 1.71. The van der Waals surface area contributed by atoms with E-state index in [4.69, 9.17) is 0 Å². The number of benzene rings is 2. The summed E-state index contributed by atoms with van der Waals surface area (Å²) in [6.45, 7) is 4.58. The number of rotatable bonds is 5. The summed E-state index contributed by atoms with van der Waals surface area (Å²) in [7, 11) is 0. The highest BCUT2D eigenvalue weighted by Gasteiger charge is 2.13. The second-order valence-corrected chi connectivity index (χ2v) is 5.97. The van der Waals surface area contributed by atoms with Crippen molar-refractivity contribution in [1.82, 2.24) is 10.3 Å². The molecule has 1 aromatic heterocycles. The molecule has 2 N–H and O–H groups in total. The summed E-state index contributed by atoms with van der Waals surface area (Å²) in [6, 6.07) is 18.4. The average Bonchev–Trinajstić information content (AvgIpc) is 2.59. The molecule has 0 fully saturated rings. The zero-order chi connectivity index (χ0) is 16.2. The molecular weight excluding hydrogens is 284 g/mol. The second-order valence-electron chi connectivity index (χ2n) is 5.97. The van der Waals surface area contributed by atoms with Gasteiger partial charge in [0.25, 0.3) is 0 Å². The number of nitrogens with one attached hydrogen (secondary N) is 1. The molecule has 0 saturated carbocycles. The van der Waals surface area contributed by atoms with Crippen molar-refractivity contribution in [2.75, 3.05) is 6.54 Å². The van der Waals surface area contributed by atoms with Crippen molar-refractivity contribution in [1.29, 1.82) is 0 Å². The Bertz CT molecular complexity index is 778. The fraction of sp³-hybridized carbons (Fsp3) is 0.250. The molecule has 2 unspecified atom stereocenters. The van der Waals surface area contributed by atoms with Crippen LogP contribution in [0.4, 0.5) is 0 Å². The van der Waals surface area contributed by atoms with Gasteiger partial charge in [-0.2, -0.15) is 0 Å². The van der Waals surface area contributed by atoms with Crippen LogP contribution >= 0.6 is 0 Å². The largest absolute Gasteiger partial charge is 0.387 e. The van der Waals surface area contributed by atoms with E-state index in [1.54, 1.807) is 0 Å². The molecule has 3 nitrogen and oxygen atoms in total. The molecule has 0 aliphatic heterocycles. The van der Waals surface area contributed by atoms with Crippen LogP contribution in [0.25, 0.3) is 10.8 Å². The molecule has 118 valence electrons. The molecule has 2 atom stereocenters. The minimum atomic E-state index is -0.547. The lowest BCUT2D eigenvalue weighted by atomic mass is 10.00. The van der Waals surface area contributed by atoms with Crippen LogP contribution in [0.3, 0.4) is 0 Å². The third kappa shape index (κ3) is 3.58. The first-order valence-electron chi connectivity index (χ1n) is 7.97. The molecule has 0 radical (unpaired) electrons. The Morgan fingerprint density at radius 1 is 1.04 bits per heavy atom. The van der Waals surface area contributed by atoms with Crippen LogP contribution in [0.15, 0.2) is 60.8 Å². The van der Waals surface area contributed by atoms with E-state index in [0.29, 0.717) is 6.54 Å². The van der Waals surface area contributed by atoms with Crippen molar-refractivity contribution in [2.24, 2.45) is 0 Å². The Kier molecular flexibility index (Phi) is 4.70. The standard InChI is InChI=1S/C20H22N2O/c1-14-10-11-19(22-12-14)15(2)21-13-20(23)18-9-5-7-16-6-3-4-8-17(16)18/h3-12,15,20-21,23H,13H2,1-2H3. The van der Waals surface area contributed by atoms with Crippen LogP contribution < -0.4 is 5.32 Å². The van der Waals surface area contributed by atoms with Crippen LogP contribution in [-0.2, 0) is 0 Å². The third-order valence-electron chi connectivity index (χ3n) is 4.18. The highest BCUT2D eigenvalue weighted by atomic mass is 16.3. The van der Waals surface area contributed by atoms with Gasteiger partial charge in [-0.1, -0.05) is 48.5 Å². The molecule has 23 heavy (non-hydrogen) atoms. The van der Waals surface area contributed by atoms with Gasteiger partial charge in [-0.25, -0.2) is 0 Å². The number of aliphatic hydroxyl groups is 1. The van der Waals surface area contributed by atoms with Crippen LogP contribution in [0, 0.1) is 6.92 Å². The predicted octanol–water partition coefficient (Wildman–Crippen LogP) is 3.93. The van der Waals surface area contributed by atoms with Crippen molar-refractivity contribution in [3.63, 3.8) is 0 Å². The van der Waals surface area contributed by atoms with Gasteiger partial charge in [0, 0.05) is 18.8 Å². The van der Waals surface area contributed by atoms with Crippen molar-refractivity contribution in [3.8, 4) is 0 Å². The van der Waals surface area contributed by atoms with Crippen LogP contribution in [0.1, 0.15) is 35.9 Å². The molecule has 0 spiro atoms. The minimum Gasteiger partial charge on any atom is -0.387 e. The maximum Gasteiger partial charge on any atom is 0.0920 e. The first-order valence-corrected chi connectivity index (χ1v) is 7.97. The van der Waals surface area contributed by atoms with Crippen molar-refractivity contribution in [2.45, 2.75) is 26.0 Å². The van der Waals surface area contributed by atoms with Crippen molar-refractivity contribution >= 4 is 10.8 Å². The first kappa shape index (κ1) is 15.7. The van der Waals surface area contributed by atoms with E-state index < -0.39 is 6.10 Å². The van der Waals surface area contributed by atoms with Gasteiger partial charge in [-0.05, 0) is 41.8 Å². The zero-order valence-corrected chi connectivity index (χ0v) is 13.5. The van der Waals surface area contributed by atoms with Gasteiger partial charge in [-0.3, -0.25) is 4.98 Å². The zero-order valence-electron chi connectivity index (χ0n) is 13.5. The fourth-order valence-corrected chi connectivity index (χ4v) is 2.78. The van der Waals surface area contributed by atoms with Gasteiger partial charge in [-0.15, -0.1) is 0 Å². The van der Waals surface area contributed by atoms with E-state index in [2.05, 4.69) is 41.5 Å². The quantitative estimate of drug-likeness (QED) is 0.751. The van der Waals surface area contributed by atoms with Gasteiger partial charge < -0.3 is 10.4 Å². The number of fused-ring (bicyclic) bond motifs is 1. The SMILES string of the molecule is Cc1ccc(C(C)NCC(O)c2cccc3ccccc23)nc1. The molecule has 1 heterocycles. The van der Waals surface area contributed by atoms with Crippen LogP contribution in [0.5, 0.6) is 0 Å². The summed E-state index contributed by atoms with van der Waals surface area (Å²) in [5, 5.41) is 16.2. The number of aliphatic hydroxyl groups excluding tert-OH is 1. The van der Waals surface area contributed by atoms with E-state index in [0.717, 1.165) is 27.6 Å². The monoisotopic (exact) mass is 306 g/mol. The van der Waals surface area contributed by atoms with Gasteiger partial charge in [0.2, 0.25) is 0 Å². The van der Waals surface area contributed by atoms with E-state index in [-0.39, 0.29) is 6.04 Å². The van der Waals surface area contributed by atoms with Gasteiger partial charge in [0.15, 0.2) is 0 Å². The molecular formula is C20H22N2O.